The highest BCUT2D eigenvalue weighted by atomic mass is 32.2. The van der Waals surface area contributed by atoms with Gasteiger partial charge in [0.05, 0.1) is 11.8 Å². The molecule has 5 nitrogen and oxygen atoms in total. The first-order valence-electron chi connectivity index (χ1n) is 7.44. The summed E-state index contributed by atoms with van der Waals surface area (Å²) in [4.78, 5) is 12.3. The molecule has 2 aliphatic rings. The minimum absolute atomic E-state index is 0.0879. The molecule has 1 unspecified atom stereocenters. The molecule has 6 heteroatoms. The molecule has 0 radical (unpaired) electrons. The van der Waals surface area contributed by atoms with Crippen molar-refractivity contribution < 1.29 is 13.2 Å². The van der Waals surface area contributed by atoms with Gasteiger partial charge in [-0.2, -0.15) is 5.26 Å². The van der Waals surface area contributed by atoms with Crippen LogP contribution in [-0.4, -0.2) is 30.9 Å². The highest BCUT2D eigenvalue weighted by molar-refractivity contribution is 7.92. The van der Waals surface area contributed by atoms with E-state index in [1.54, 1.807) is 0 Å². The minimum Gasteiger partial charge on any atom is -0.337 e. The average Bonchev–Trinajstić information content (AvgIpc) is 2.64. The number of rotatable bonds is 2. The van der Waals surface area contributed by atoms with Gasteiger partial charge in [-0.3, -0.25) is 4.79 Å². The third-order valence-corrected chi connectivity index (χ3v) is 6.58. The Balaban J connectivity index is 2.11. The van der Waals surface area contributed by atoms with Crippen molar-refractivity contribution >= 4 is 15.7 Å². The highest BCUT2D eigenvalue weighted by Gasteiger charge is 2.40. The van der Waals surface area contributed by atoms with E-state index in [4.69, 9.17) is 0 Å². The molecule has 1 atom stereocenters. The fraction of sp³-hybridized carbons (Fsp3) is 0.857. The first kappa shape index (κ1) is 15.3. The molecule has 1 heterocycles. The largest absolute Gasteiger partial charge is 0.337 e. The van der Waals surface area contributed by atoms with Gasteiger partial charge in [-0.15, -0.1) is 0 Å². The van der Waals surface area contributed by atoms with E-state index >= 15 is 0 Å². The molecule has 2 rings (SSSR count). The average molecular weight is 298 g/mol. The van der Waals surface area contributed by atoms with E-state index in [-0.39, 0.29) is 5.75 Å². The van der Waals surface area contributed by atoms with E-state index < -0.39 is 26.5 Å². The standard InChI is InChI=1S/C14H22N2O3S/c15-11-14(8-4-1-2-5-9-14)16-13(17)12-7-3-6-10-20(12,18)19/h12H,1-10H2,(H,16,17). The van der Waals surface area contributed by atoms with Gasteiger partial charge in [-0.25, -0.2) is 8.42 Å². The van der Waals surface area contributed by atoms with Crippen molar-refractivity contribution in [2.45, 2.75) is 68.6 Å². The van der Waals surface area contributed by atoms with Crippen LogP contribution in [0, 0.1) is 11.3 Å². The maximum atomic E-state index is 12.3. The number of sulfone groups is 1. The van der Waals surface area contributed by atoms with E-state index in [9.17, 15) is 18.5 Å². The molecule has 1 amide bonds. The van der Waals surface area contributed by atoms with E-state index in [0.717, 1.165) is 32.1 Å². The van der Waals surface area contributed by atoms with Gasteiger partial charge < -0.3 is 5.32 Å². The number of hydrogen-bond donors (Lipinski definition) is 1. The van der Waals surface area contributed by atoms with Gasteiger partial charge in [0, 0.05) is 0 Å². The predicted octanol–water partition coefficient (Wildman–Crippen LogP) is 1.69. The molecule has 2 fully saturated rings. The number of nitriles is 1. The molecule has 0 aromatic carbocycles. The van der Waals surface area contributed by atoms with Gasteiger partial charge >= 0.3 is 0 Å². The molecular formula is C14H22N2O3S. The minimum atomic E-state index is -3.34. The Morgan fingerprint density at radius 1 is 1.10 bits per heavy atom. The van der Waals surface area contributed by atoms with Crippen LogP contribution in [0.2, 0.25) is 0 Å². The lowest BCUT2D eigenvalue weighted by molar-refractivity contribution is -0.122. The summed E-state index contributed by atoms with van der Waals surface area (Å²) in [5.41, 5.74) is -0.861. The maximum absolute atomic E-state index is 12.3. The molecule has 112 valence electrons. The van der Waals surface area contributed by atoms with Crippen LogP contribution in [0.1, 0.15) is 57.8 Å². The van der Waals surface area contributed by atoms with Gasteiger partial charge in [0.25, 0.3) is 0 Å². The van der Waals surface area contributed by atoms with Crippen molar-refractivity contribution in [1.29, 1.82) is 5.26 Å². The summed E-state index contributed by atoms with van der Waals surface area (Å²) in [6, 6.07) is 2.23. The van der Waals surface area contributed by atoms with Crippen LogP contribution in [0.25, 0.3) is 0 Å². The monoisotopic (exact) mass is 298 g/mol. The van der Waals surface area contributed by atoms with E-state index in [1.807, 2.05) is 0 Å². The lowest BCUT2D eigenvalue weighted by Crippen LogP contribution is -2.53. The van der Waals surface area contributed by atoms with Crippen LogP contribution in [-0.2, 0) is 14.6 Å². The summed E-state index contributed by atoms with van der Waals surface area (Å²) in [6.45, 7) is 0. The molecular weight excluding hydrogens is 276 g/mol. The Hall–Kier alpha value is -1.09. The van der Waals surface area contributed by atoms with Gasteiger partial charge in [-0.1, -0.05) is 32.1 Å². The molecule has 1 N–H and O–H groups in total. The Morgan fingerprint density at radius 3 is 2.30 bits per heavy atom. The topological polar surface area (TPSA) is 87.0 Å². The molecule has 1 saturated carbocycles. The van der Waals surface area contributed by atoms with Gasteiger partial charge in [0.1, 0.15) is 10.8 Å². The van der Waals surface area contributed by atoms with Crippen LogP contribution in [0.5, 0.6) is 0 Å². The van der Waals surface area contributed by atoms with Crippen LogP contribution < -0.4 is 5.32 Å². The summed E-state index contributed by atoms with van der Waals surface area (Å²) in [7, 11) is -3.34. The maximum Gasteiger partial charge on any atom is 0.239 e. The Labute approximate surface area is 120 Å². The number of hydrogen-bond acceptors (Lipinski definition) is 4. The third-order valence-electron chi connectivity index (χ3n) is 4.40. The van der Waals surface area contributed by atoms with Crippen LogP contribution in [0.4, 0.5) is 0 Å². The van der Waals surface area contributed by atoms with Crippen molar-refractivity contribution in [3.8, 4) is 6.07 Å². The number of amides is 1. The van der Waals surface area contributed by atoms with E-state index in [2.05, 4.69) is 11.4 Å². The van der Waals surface area contributed by atoms with Crippen molar-refractivity contribution in [3.05, 3.63) is 0 Å². The zero-order valence-corrected chi connectivity index (χ0v) is 12.5. The van der Waals surface area contributed by atoms with Crippen LogP contribution >= 0.6 is 0 Å². The summed E-state index contributed by atoms with van der Waals surface area (Å²) < 4.78 is 24.0. The zero-order chi connectivity index (χ0) is 14.6. The van der Waals surface area contributed by atoms with Crippen molar-refractivity contribution in [2.24, 2.45) is 0 Å². The Kier molecular flexibility index (Phi) is 4.69. The molecule has 0 bridgehead atoms. The first-order chi connectivity index (χ1) is 9.49. The van der Waals surface area contributed by atoms with Crippen LogP contribution in [0.3, 0.4) is 0 Å². The SMILES string of the molecule is N#CC1(NC(=O)C2CCCCS2(=O)=O)CCCCCC1. The van der Waals surface area contributed by atoms with E-state index in [1.165, 1.54) is 0 Å². The summed E-state index contributed by atoms with van der Waals surface area (Å²) >= 11 is 0. The number of nitrogens with one attached hydrogen (secondary N) is 1. The quantitative estimate of drug-likeness (QED) is 0.786. The second-order valence-corrected chi connectivity index (χ2v) is 8.25. The zero-order valence-electron chi connectivity index (χ0n) is 11.7. The van der Waals surface area contributed by atoms with Gasteiger partial charge in [0.2, 0.25) is 5.91 Å². The summed E-state index contributed by atoms with van der Waals surface area (Å²) in [5.74, 6) is -0.377. The molecule has 1 aliphatic heterocycles. The number of carbonyl (C=O) groups excluding carboxylic acids is 1. The van der Waals surface area contributed by atoms with Gasteiger partial charge in [-0.05, 0) is 25.7 Å². The van der Waals surface area contributed by atoms with Crippen molar-refractivity contribution in [1.82, 2.24) is 5.32 Å². The van der Waals surface area contributed by atoms with E-state index in [0.29, 0.717) is 25.7 Å². The molecule has 1 saturated heterocycles. The van der Waals surface area contributed by atoms with Crippen molar-refractivity contribution in [2.75, 3.05) is 5.75 Å². The summed E-state index contributed by atoms with van der Waals surface area (Å²) in [6.07, 6.45) is 6.99. The lowest BCUT2D eigenvalue weighted by Gasteiger charge is -2.29. The normalized spacial score (nSPS) is 28.9. The molecule has 20 heavy (non-hydrogen) atoms. The lowest BCUT2D eigenvalue weighted by atomic mass is 9.91. The fourth-order valence-electron chi connectivity index (χ4n) is 3.16. The highest BCUT2D eigenvalue weighted by Crippen LogP contribution is 2.28. The number of nitrogens with zero attached hydrogens (tertiary/aromatic N) is 1. The first-order valence-corrected chi connectivity index (χ1v) is 9.15. The number of carbonyl (C=O) groups is 1. The molecule has 0 spiro atoms. The van der Waals surface area contributed by atoms with Gasteiger partial charge in [0.15, 0.2) is 9.84 Å². The second-order valence-electron chi connectivity index (χ2n) is 5.95. The summed E-state index contributed by atoms with van der Waals surface area (Å²) in [5, 5.41) is 11.2. The molecule has 0 aromatic heterocycles. The van der Waals surface area contributed by atoms with Crippen LogP contribution in [0.15, 0.2) is 0 Å². The van der Waals surface area contributed by atoms with Crippen molar-refractivity contribution in [3.63, 3.8) is 0 Å². The Morgan fingerprint density at radius 2 is 1.75 bits per heavy atom. The third kappa shape index (κ3) is 3.32. The predicted molar refractivity (Wildman–Crippen MR) is 75.6 cm³/mol. The molecule has 0 aromatic rings. The molecule has 1 aliphatic carbocycles. The second kappa shape index (κ2) is 6.13. The smallest absolute Gasteiger partial charge is 0.239 e. The Bertz CT molecular complexity index is 499. The fourth-order valence-corrected chi connectivity index (χ4v) is 4.96.